The fourth-order valence-electron chi connectivity index (χ4n) is 3.34. The van der Waals surface area contributed by atoms with E-state index in [9.17, 15) is 4.79 Å². The summed E-state index contributed by atoms with van der Waals surface area (Å²) in [5, 5.41) is 2.88. The second kappa shape index (κ2) is 7.53. The van der Waals surface area contributed by atoms with Crippen LogP contribution in [-0.2, 0) is 13.0 Å². The molecule has 1 aliphatic rings. The molecule has 2 aromatic heterocycles. The van der Waals surface area contributed by atoms with Gasteiger partial charge < -0.3 is 10.2 Å². The van der Waals surface area contributed by atoms with Crippen molar-refractivity contribution in [2.24, 2.45) is 0 Å². The van der Waals surface area contributed by atoms with Crippen molar-refractivity contribution in [3.8, 4) is 0 Å². The third kappa shape index (κ3) is 3.79. The van der Waals surface area contributed by atoms with Gasteiger partial charge in [0.15, 0.2) is 0 Å². The molecular formula is C21H21N5O. The number of para-hydroxylation sites is 1. The van der Waals surface area contributed by atoms with Gasteiger partial charge in [0.1, 0.15) is 17.3 Å². The Labute approximate surface area is 158 Å². The molecular weight excluding hydrogens is 338 g/mol. The molecule has 1 aromatic carbocycles. The van der Waals surface area contributed by atoms with Crippen molar-refractivity contribution in [3.63, 3.8) is 0 Å². The lowest BCUT2D eigenvalue weighted by atomic mass is 10.0. The van der Waals surface area contributed by atoms with Crippen molar-refractivity contribution in [2.45, 2.75) is 26.3 Å². The van der Waals surface area contributed by atoms with E-state index in [1.54, 1.807) is 12.3 Å². The number of carbonyl (C=O) groups excluding carboxylic acids is 1. The van der Waals surface area contributed by atoms with Crippen LogP contribution in [0.2, 0.25) is 0 Å². The molecule has 3 heterocycles. The largest absolute Gasteiger partial charge is 0.345 e. The molecule has 0 bridgehead atoms. The Balaban J connectivity index is 1.58. The normalized spacial score (nSPS) is 13.1. The van der Waals surface area contributed by atoms with Crippen molar-refractivity contribution in [2.75, 3.05) is 11.4 Å². The van der Waals surface area contributed by atoms with Gasteiger partial charge in [-0.05, 0) is 43.5 Å². The number of aryl methyl sites for hydroxylation is 2. The Bertz CT molecular complexity index is 958. The number of hydrogen-bond acceptors (Lipinski definition) is 5. The van der Waals surface area contributed by atoms with Crippen LogP contribution in [0.15, 0.2) is 54.7 Å². The van der Waals surface area contributed by atoms with E-state index in [-0.39, 0.29) is 5.91 Å². The van der Waals surface area contributed by atoms with Crippen LogP contribution in [-0.4, -0.2) is 27.4 Å². The summed E-state index contributed by atoms with van der Waals surface area (Å²) in [7, 11) is 0. The number of amides is 1. The van der Waals surface area contributed by atoms with Gasteiger partial charge in [-0.1, -0.05) is 24.3 Å². The molecule has 1 aliphatic heterocycles. The van der Waals surface area contributed by atoms with Gasteiger partial charge in [-0.3, -0.25) is 9.78 Å². The van der Waals surface area contributed by atoms with Gasteiger partial charge in [-0.15, -0.1) is 0 Å². The number of rotatable bonds is 4. The van der Waals surface area contributed by atoms with E-state index in [2.05, 4.69) is 43.4 Å². The molecule has 0 atom stereocenters. The summed E-state index contributed by atoms with van der Waals surface area (Å²) in [6, 6.07) is 15.7. The van der Waals surface area contributed by atoms with Crippen LogP contribution in [0.4, 0.5) is 11.5 Å². The predicted molar refractivity (Wildman–Crippen MR) is 104 cm³/mol. The molecule has 136 valence electrons. The minimum atomic E-state index is -0.224. The zero-order chi connectivity index (χ0) is 18.6. The maximum absolute atomic E-state index is 12.6. The summed E-state index contributed by atoms with van der Waals surface area (Å²) in [6.45, 7) is 3.06. The second-order valence-electron chi connectivity index (χ2n) is 6.55. The number of carbonyl (C=O) groups is 1. The van der Waals surface area contributed by atoms with Crippen LogP contribution in [0.1, 0.15) is 34.0 Å². The Kier molecular flexibility index (Phi) is 4.78. The summed E-state index contributed by atoms with van der Waals surface area (Å²) in [5.74, 6) is 1.12. The van der Waals surface area contributed by atoms with E-state index in [1.807, 2.05) is 31.2 Å². The maximum atomic E-state index is 12.6. The fourth-order valence-corrected chi connectivity index (χ4v) is 3.34. The van der Waals surface area contributed by atoms with E-state index >= 15 is 0 Å². The first-order valence-corrected chi connectivity index (χ1v) is 9.10. The van der Waals surface area contributed by atoms with Gasteiger partial charge in [0.2, 0.25) is 0 Å². The quantitative estimate of drug-likeness (QED) is 0.775. The highest BCUT2D eigenvalue weighted by Gasteiger charge is 2.21. The molecule has 0 radical (unpaired) electrons. The summed E-state index contributed by atoms with van der Waals surface area (Å²) < 4.78 is 0. The van der Waals surface area contributed by atoms with Crippen molar-refractivity contribution in [1.82, 2.24) is 20.3 Å². The van der Waals surface area contributed by atoms with Gasteiger partial charge in [-0.25, -0.2) is 9.97 Å². The number of anilines is 2. The van der Waals surface area contributed by atoms with Crippen molar-refractivity contribution >= 4 is 17.4 Å². The topological polar surface area (TPSA) is 71.0 Å². The first kappa shape index (κ1) is 17.1. The van der Waals surface area contributed by atoms with Crippen LogP contribution in [0, 0.1) is 6.92 Å². The molecule has 0 unspecified atom stereocenters. The van der Waals surface area contributed by atoms with Crippen LogP contribution < -0.4 is 10.2 Å². The Morgan fingerprint density at radius 3 is 2.85 bits per heavy atom. The molecule has 4 rings (SSSR count). The fraction of sp³-hybridized carbons (Fsp3) is 0.238. The Hall–Kier alpha value is -3.28. The average Bonchev–Trinajstić information content (AvgIpc) is 2.72. The van der Waals surface area contributed by atoms with E-state index in [0.717, 1.165) is 36.6 Å². The highest BCUT2D eigenvalue weighted by atomic mass is 16.1. The molecule has 0 aliphatic carbocycles. The molecule has 0 fully saturated rings. The molecule has 0 spiro atoms. The predicted octanol–water partition coefficient (Wildman–Crippen LogP) is 3.19. The monoisotopic (exact) mass is 359 g/mol. The molecule has 1 amide bonds. The number of nitrogens with zero attached hydrogens (tertiary/aromatic N) is 4. The number of aromatic nitrogens is 3. The molecule has 6 heteroatoms. The van der Waals surface area contributed by atoms with Gasteiger partial charge in [0.05, 0.1) is 12.2 Å². The Morgan fingerprint density at radius 2 is 2.00 bits per heavy atom. The lowest BCUT2D eigenvalue weighted by Crippen LogP contribution is -2.28. The highest BCUT2D eigenvalue weighted by Crippen LogP contribution is 2.32. The van der Waals surface area contributed by atoms with Crippen molar-refractivity contribution in [3.05, 3.63) is 77.5 Å². The lowest BCUT2D eigenvalue weighted by Gasteiger charge is -2.30. The van der Waals surface area contributed by atoms with Gasteiger partial charge in [0, 0.05) is 24.5 Å². The van der Waals surface area contributed by atoms with E-state index in [4.69, 9.17) is 0 Å². The van der Waals surface area contributed by atoms with Gasteiger partial charge in [0.25, 0.3) is 5.91 Å². The van der Waals surface area contributed by atoms with Crippen molar-refractivity contribution < 1.29 is 4.79 Å². The Morgan fingerprint density at radius 1 is 1.15 bits per heavy atom. The summed E-state index contributed by atoms with van der Waals surface area (Å²) in [4.78, 5) is 27.9. The number of nitrogens with one attached hydrogen (secondary N) is 1. The van der Waals surface area contributed by atoms with Crippen molar-refractivity contribution in [1.29, 1.82) is 0 Å². The summed E-state index contributed by atoms with van der Waals surface area (Å²) >= 11 is 0. The summed E-state index contributed by atoms with van der Waals surface area (Å²) in [5.41, 5.74) is 3.64. The third-order valence-corrected chi connectivity index (χ3v) is 4.60. The summed E-state index contributed by atoms with van der Waals surface area (Å²) in [6.07, 6.45) is 3.83. The highest BCUT2D eigenvalue weighted by molar-refractivity contribution is 5.93. The minimum Gasteiger partial charge on any atom is -0.345 e. The molecule has 1 N–H and O–H groups in total. The smallest absolute Gasteiger partial charge is 0.270 e. The minimum absolute atomic E-state index is 0.224. The average molecular weight is 359 g/mol. The number of hydrogen-bond donors (Lipinski definition) is 1. The number of pyridine rings is 1. The first-order valence-electron chi connectivity index (χ1n) is 9.10. The molecule has 3 aromatic rings. The molecule has 0 saturated carbocycles. The zero-order valence-electron chi connectivity index (χ0n) is 15.2. The lowest BCUT2D eigenvalue weighted by molar-refractivity contribution is 0.0945. The van der Waals surface area contributed by atoms with Crippen LogP contribution >= 0.6 is 0 Å². The van der Waals surface area contributed by atoms with E-state index in [0.29, 0.717) is 18.1 Å². The van der Waals surface area contributed by atoms with Crippen LogP contribution in [0.3, 0.4) is 0 Å². The van der Waals surface area contributed by atoms with Crippen LogP contribution in [0.25, 0.3) is 0 Å². The molecule has 6 nitrogen and oxygen atoms in total. The second-order valence-corrected chi connectivity index (χ2v) is 6.55. The van der Waals surface area contributed by atoms with Crippen LogP contribution in [0.5, 0.6) is 0 Å². The zero-order valence-corrected chi connectivity index (χ0v) is 15.2. The SMILES string of the molecule is Cc1nc(C(=O)NCc2ccccn2)cc(N2CCCc3ccccc32)n1. The van der Waals surface area contributed by atoms with Gasteiger partial charge >= 0.3 is 0 Å². The standard InChI is InChI=1S/C21H21N5O/c1-15-24-18(21(27)23-14-17-9-4-5-11-22-17)13-20(25-15)26-12-6-8-16-7-2-3-10-19(16)26/h2-5,7,9-11,13H,6,8,12,14H2,1H3,(H,23,27). The first-order chi connectivity index (χ1) is 13.2. The van der Waals surface area contributed by atoms with E-state index < -0.39 is 0 Å². The van der Waals surface area contributed by atoms with E-state index in [1.165, 1.54) is 5.56 Å². The van der Waals surface area contributed by atoms with Gasteiger partial charge in [-0.2, -0.15) is 0 Å². The molecule has 0 saturated heterocycles. The number of fused-ring (bicyclic) bond motifs is 1. The maximum Gasteiger partial charge on any atom is 0.270 e. The number of benzene rings is 1. The molecule has 27 heavy (non-hydrogen) atoms. The third-order valence-electron chi connectivity index (χ3n) is 4.60.